The number of carbonyl (C=O) groups excluding carboxylic acids is 1. The minimum Gasteiger partial charge on any atom is -0.379 e. The third-order valence-corrected chi connectivity index (χ3v) is 5.66. The molecule has 170 valence electrons. The highest BCUT2D eigenvalue weighted by molar-refractivity contribution is 5.76. The van der Waals surface area contributed by atoms with Crippen LogP contribution in [0, 0.1) is 0 Å². The Morgan fingerprint density at radius 2 is 1.88 bits per heavy atom. The number of aryl methyl sites for hydroxylation is 1. The average Bonchev–Trinajstić information content (AvgIpc) is 3.25. The molecular formula is C22H28N6O4. The van der Waals surface area contributed by atoms with E-state index in [9.17, 15) is 14.4 Å². The molecule has 1 aliphatic heterocycles. The van der Waals surface area contributed by atoms with E-state index >= 15 is 0 Å². The largest absolute Gasteiger partial charge is 0.379 e. The summed E-state index contributed by atoms with van der Waals surface area (Å²) in [6, 6.07) is 9.49. The first-order valence-electron chi connectivity index (χ1n) is 10.9. The van der Waals surface area contributed by atoms with Gasteiger partial charge in [-0.3, -0.25) is 19.1 Å². The van der Waals surface area contributed by atoms with Gasteiger partial charge >= 0.3 is 5.69 Å². The Balaban J connectivity index is 1.59. The lowest BCUT2D eigenvalue weighted by Gasteiger charge is -2.26. The monoisotopic (exact) mass is 440 g/mol. The van der Waals surface area contributed by atoms with Crippen molar-refractivity contribution in [1.29, 1.82) is 0 Å². The van der Waals surface area contributed by atoms with E-state index in [2.05, 4.69) is 15.2 Å². The van der Waals surface area contributed by atoms with E-state index < -0.39 is 11.2 Å². The fraction of sp³-hybridized carbons (Fsp3) is 0.455. The van der Waals surface area contributed by atoms with Gasteiger partial charge in [-0.1, -0.05) is 30.3 Å². The minimum atomic E-state index is -0.545. The van der Waals surface area contributed by atoms with Crippen molar-refractivity contribution in [2.24, 2.45) is 0 Å². The number of benzene rings is 1. The lowest BCUT2D eigenvalue weighted by Crippen LogP contribution is -2.46. The van der Waals surface area contributed by atoms with Gasteiger partial charge in [-0.25, -0.2) is 14.3 Å². The normalized spacial score (nSPS) is 14.7. The molecule has 1 N–H and O–H groups in total. The Bertz CT molecular complexity index is 1190. The van der Waals surface area contributed by atoms with Crippen LogP contribution in [0.1, 0.15) is 12.5 Å². The Morgan fingerprint density at radius 1 is 1.12 bits per heavy atom. The molecule has 3 heterocycles. The number of aromatic nitrogens is 4. The van der Waals surface area contributed by atoms with Gasteiger partial charge in [0.2, 0.25) is 5.91 Å². The summed E-state index contributed by atoms with van der Waals surface area (Å²) in [5, 5.41) is 2.82. The summed E-state index contributed by atoms with van der Waals surface area (Å²) in [4.78, 5) is 45.5. The number of hydrogen-bond donors (Lipinski definition) is 1. The maximum absolute atomic E-state index is 13.2. The van der Waals surface area contributed by atoms with Crippen molar-refractivity contribution >= 4 is 17.1 Å². The van der Waals surface area contributed by atoms with E-state index in [1.165, 1.54) is 4.57 Å². The summed E-state index contributed by atoms with van der Waals surface area (Å²) in [5.74, 6) is -0.370. The second-order valence-electron chi connectivity index (χ2n) is 7.75. The van der Waals surface area contributed by atoms with E-state index in [0.717, 1.165) is 23.2 Å². The quantitative estimate of drug-likeness (QED) is 0.524. The number of imidazole rings is 1. The maximum atomic E-state index is 13.2. The van der Waals surface area contributed by atoms with Crippen molar-refractivity contribution in [2.75, 3.05) is 39.4 Å². The summed E-state index contributed by atoms with van der Waals surface area (Å²) >= 11 is 0. The van der Waals surface area contributed by atoms with Crippen LogP contribution in [0.5, 0.6) is 0 Å². The third kappa shape index (κ3) is 4.66. The highest BCUT2D eigenvalue weighted by atomic mass is 16.5. The van der Waals surface area contributed by atoms with Crippen LogP contribution in [-0.2, 0) is 29.2 Å². The smallest absolute Gasteiger partial charge is 0.333 e. The molecule has 0 aliphatic carbocycles. The van der Waals surface area contributed by atoms with Crippen LogP contribution >= 0.6 is 0 Å². The molecule has 4 rings (SSSR count). The number of morpholine rings is 1. The van der Waals surface area contributed by atoms with E-state index in [4.69, 9.17) is 4.74 Å². The predicted octanol–water partition coefficient (Wildman–Crippen LogP) is -0.124. The van der Waals surface area contributed by atoms with Crippen molar-refractivity contribution in [3.05, 3.63) is 63.1 Å². The summed E-state index contributed by atoms with van der Waals surface area (Å²) < 4.78 is 9.48. The number of rotatable bonds is 8. The molecule has 3 aromatic rings. The molecule has 0 radical (unpaired) electrons. The first kappa shape index (κ1) is 22.0. The topological polar surface area (TPSA) is 103 Å². The van der Waals surface area contributed by atoms with Crippen LogP contribution in [0.2, 0.25) is 0 Å². The average molecular weight is 441 g/mol. The van der Waals surface area contributed by atoms with E-state index in [-0.39, 0.29) is 19.0 Å². The summed E-state index contributed by atoms with van der Waals surface area (Å²) in [6.45, 7) is 6.54. The highest BCUT2D eigenvalue weighted by Crippen LogP contribution is 2.09. The fourth-order valence-corrected chi connectivity index (χ4v) is 3.90. The molecule has 1 aliphatic rings. The number of fused-ring (bicyclic) bond motifs is 1. The fourth-order valence-electron chi connectivity index (χ4n) is 3.90. The van der Waals surface area contributed by atoms with E-state index in [1.807, 2.05) is 37.3 Å². The highest BCUT2D eigenvalue weighted by Gasteiger charge is 2.19. The molecule has 0 spiro atoms. The van der Waals surface area contributed by atoms with Crippen LogP contribution in [-0.4, -0.2) is 68.9 Å². The van der Waals surface area contributed by atoms with Gasteiger partial charge in [0.1, 0.15) is 6.54 Å². The number of nitrogens with one attached hydrogen (secondary N) is 1. The van der Waals surface area contributed by atoms with Gasteiger partial charge < -0.3 is 14.6 Å². The van der Waals surface area contributed by atoms with Crippen molar-refractivity contribution in [1.82, 2.24) is 28.9 Å². The van der Waals surface area contributed by atoms with Crippen LogP contribution in [0.15, 0.2) is 46.2 Å². The van der Waals surface area contributed by atoms with Crippen molar-refractivity contribution in [3.8, 4) is 0 Å². The van der Waals surface area contributed by atoms with E-state index in [1.54, 1.807) is 10.9 Å². The van der Waals surface area contributed by atoms with Crippen molar-refractivity contribution in [3.63, 3.8) is 0 Å². The van der Waals surface area contributed by atoms with Gasteiger partial charge in [0.25, 0.3) is 5.56 Å². The van der Waals surface area contributed by atoms with Crippen LogP contribution in [0.3, 0.4) is 0 Å². The molecule has 10 nitrogen and oxygen atoms in total. The summed E-state index contributed by atoms with van der Waals surface area (Å²) in [6.07, 6.45) is 1.56. The molecule has 2 aromatic heterocycles. The van der Waals surface area contributed by atoms with Crippen molar-refractivity contribution in [2.45, 2.75) is 26.6 Å². The first-order chi connectivity index (χ1) is 15.6. The molecule has 1 amide bonds. The molecule has 0 atom stereocenters. The van der Waals surface area contributed by atoms with Crippen LogP contribution < -0.4 is 16.6 Å². The number of carbonyl (C=O) groups is 1. The molecule has 1 fully saturated rings. The van der Waals surface area contributed by atoms with Crippen molar-refractivity contribution < 1.29 is 9.53 Å². The summed E-state index contributed by atoms with van der Waals surface area (Å²) in [5.41, 5.74) is 0.508. The number of nitrogens with zero attached hydrogens (tertiary/aromatic N) is 5. The molecule has 32 heavy (non-hydrogen) atoms. The minimum absolute atomic E-state index is 0.260. The molecule has 0 unspecified atom stereocenters. The molecule has 1 saturated heterocycles. The van der Waals surface area contributed by atoms with Gasteiger partial charge in [-0.2, -0.15) is 0 Å². The number of ether oxygens (including phenoxy) is 1. The second kappa shape index (κ2) is 9.92. The maximum Gasteiger partial charge on any atom is 0.333 e. The predicted molar refractivity (Wildman–Crippen MR) is 120 cm³/mol. The third-order valence-electron chi connectivity index (χ3n) is 5.66. The molecule has 0 bridgehead atoms. The van der Waals surface area contributed by atoms with E-state index in [0.29, 0.717) is 44.0 Å². The van der Waals surface area contributed by atoms with Gasteiger partial charge in [-0.15, -0.1) is 0 Å². The van der Waals surface area contributed by atoms with Crippen LogP contribution in [0.25, 0.3) is 11.2 Å². The number of amides is 1. The molecule has 0 saturated carbocycles. The lowest BCUT2D eigenvalue weighted by atomic mass is 10.2. The Kier molecular flexibility index (Phi) is 6.81. The Hall–Kier alpha value is -3.24. The van der Waals surface area contributed by atoms with Crippen LogP contribution in [0.4, 0.5) is 0 Å². The van der Waals surface area contributed by atoms with Gasteiger partial charge in [0.15, 0.2) is 11.2 Å². The first-order valence-corrected chi connectivity index (χ1v) is 10.9. The standard InChI is InChI=1S/C22H28N6O4/c1-2-26-16-24-20-19(26)21(30)28(22(31)27(20)14-17-6-4-3-5-7-17)15-18(29)23-8-9-25-10-12-32-13-11-25/h3-7,16H,2,8-15H2,1H3,(H,23,29). The zero-order valence-corrected chi connectivity index (χ0v) is 18.2. The van der Waals surface area contributed by atoms with Gasteiger partial charge in [0, 0.05) is 32.7 Å². The molecule has 1 aromatic carbocycles. The lowest BCUT2D eigenvalue weighted by molar-refractivity contribution is -0.121. The second-order valence-corrected chi connectivity index (χ2v) is 7.75. The zero-order valence-electron chi connectivity index (χ0n) is 18.2. The van der Waals surface area contributed by atoms with Gasteiger partial charge in [-0.05, 0) is 12.5 Å². The Labute approximate surface area is 185 Å². The SMILES string of the molecule is CCn1cnc2c1c(=O)n(CC(=O)NCCN1CCOCC1)c(=O)n2Cc1ccccc1. The molecule has 10 heteroatoms. The Morgan fingerprint density at radius 3 is 2.59 bits per heavy atom. The zero-order chi connectivity index (χ0) is 22.5. The summed E-state index contributed by atoms with van der Waals surface area (Å²) in [7, 11) is 0. The van der Waals surface area contributed by atoms with Gasteiger partial charge in [0.05, 0.1) is 26.1 Å². The molecular weight excluding hydrogens is 412 g/mol. The number of hydrogen-bond acceptors (Lipinski definition) is 6.